The molecule has 4 rings (SSSR count). The summed E-state index contributed by atoms with van der Waals surface area (Å²) < 4.78 is 5.55. The highest BCUT2D eigenvalue weighted by Crippen LogP contribution is 2.46. The number of ether oxygens (including phenoxy) is 1. The van der Waals surface area contributed by atoms with E-state index in [1.165, 1.54) is 11.1 Å². The third kappa shape index (κ3) is 3.12. The van der Waals surface area contributed by atoms with Gasteiger partial charge in [-0.2, -0.15) is 0 Å². The van der Waals surface area contributed by atoms with Crippen molar-refractivity contribution in [2.75, 3.05) is 46.9 Å². The Balaban J connectivity index is 1.60. The number of hydrogen-bond acceptors (Lipinski definition) is 3. The van der Waals surface area contributed by atoms with Gasteiger partial charge < -0.3 is 14.5 Å². The molecule has 142 valence electrons. The van der Waals surface area contributed by atoms with Gasteiger partial charge in [0.15, 0.2) is 0 Å². The molecule has 0 bridgehead atoms. The Kier molecular flexibility index (Phi) is 4.93. The van der Waals surface area contributed by atoms with E-state index in [-0.39, 0.29) is 12.1 Å². The van der Waals surface area contributed by atoms with Crippen LogP contribution in [0.2, 0.25) is 0 Å². The van der Waals surface area contributed by atoms with Gasteiger partial charge in [0.05, 0.1) is 6.04 Å². The normalized spacial score (nSPS) is 29.8. The zero-order chi connectivity index (χ0) is 18.3. The van der Waals surface area contributed by atoms with Gasteiger partial charge in [0.1, 0.15) is 0 Å². The van der Waals surface area contributed by atoms with Crippen molar-refractivity contribution in [3.8, 4) is 0 Å². The Hall–Kier alpha value is -1.59. The van der Waals surface area contributed by atoms with Crippen LogP contribution in [0.5, 0.6) is 0 Å². The molecule has 0 aliphatic carbocycles. The first-order chi connectivity index (χ1) is 12.6. The minimum absolute atomic E-state index is 0.144. The van der Waals surface area contributed by atoms with Gasteiger partial charge in [-0.15, -0.1) is 0 Å². The van der Waals surface area contributed by atoms with E-state index in [9.17, 15) is 4.79 Å². The van der Waals surface area contributed by atoms with Crippen molar-refractivity contribution in [3.63, 3.8) is 0 Å². The first-order valence-corrected chi connectivity index (χ1v) is 9.91. The van der Waals surface area contributed by atoms with E-state index in [2.05, 4.69) is 41.0 Å². The van der Waals surface area contributed by atoms with Crippen LogP contribution in [0.15, 0.2) is 24.3 Å². The second-order valence-corrected chi connectivity index (χ2v) is 8.35. The number of nitrogens with zero attached hydrogens (tertiary/aromatic N) is 3. The van der Waals surface area contributed by atoms with Crippen molar-refractivity contribution < 1.29 is 9.53 Å². The van der Waals surface area contributed by atoms with Gasteiger partial charge in [-0.1, -0.05) is 24.3 Å². The molecule has 5 heteroatoms. The van der Waals surface area contributed by atoms with Gasteiger partial charge in [0, 0.05) is 58.9 Å². The molecule has 3 saturated heterocycles. The molecule has 3 heterocycles. The first-order valence-electron chi connectivity index (χ1n) is 9.91. The summed E-state index contributed by atoms with van der Waals surface area (Å²) >= 11 is 0. The van der Waals surface area contributed by atoms with E-state index in [1.807, 2.05) is 14.1 Å². The van der Waals surface area contributed by atoms with E-state index in [0.717, 1.165) is 45.7 Å². The number of amides is 2. The van der Waals surface area contributed by atoms with Crippen molar-refractivity contribution in [2.24, 2.45) is 11.8 Å². The predicted octanol–water partition coefficient (Wildman–Crippen LogP) is 2.76. The summed E-state index contributed by atoms with van der Waals surface area (Å²) in [6.45, 7) is 7.05. The van der Waals surface area contributed by atoms with Crippen LogP contribution in [0.1, 0.15) is 30.0 Å². The van der Waals surface area contributed by atoms with Gasteiger partial charge in [-0.3, -0.25) is 4.90 Å². The van der Waals surface area contributed by atoms with Crippen molar-refractivity contribution in [3.05, 3.63) is 35.4 Å². The van der Waals surface area contributed by atoms with Crippen molar-refractivity contribution >= 4 is 6.03 Å². The third-order valence-electron chi connectivity index (χ3n) is 6.53. The highest BCUT2D eigenvalue weighted by Gasteiger charge is 2.50. The molecule has 0 saturated carbocycles. The maximum Gasteiger partial charge on any atom is 0.320 e. The summed E-state index contributed by atoms with van der Waals surface area (Å²) in [4.78, 5) is 19.4. The minimum Gasteiger partial charge on any atom is -0.381 e. The molecule has 1 aromatic rings. The van der Waals surface area contributed by atoms with Crippen LogP contribution in [0, 0.1) is 18.8 Å². The molecule has 0 aromatic heterocycles. The van der Waals surface area contributed by atoms with Crippen LogP contribution in [0.3, 0.4) is 0 Å². The average molecular weight is 357 g/mol. The lowest BCUT2D eigenvalue weighted by atomic mass is 9.87. The summed E-state index contributed by atoms with van der Waals surface area (Å²) in [5, 5.41) is 0. The molecule has 0 radical (unpaired) electrons. The largest absolute Gasteiger partial charge is 0.381 e. The minimum atomic E-state index is 0.144. The highest BCUT2D eigenvalue weighted by atomic mass is 16.5. The van der Waals surface area contributed by atoms with Gasteiger partial charge in [0.25, 0.3) is 0 Å². The number of carbonyl (C=O) groups excluding carboxylic acids is 1. The molecule has 3 aliphatic heterocycles. The fraction of sp³-hybridized carbons (Fsp3) is 0.667. The molecular weight excluding hydrogens is 326 g/mol. The second kappa shape index (κ2) is 7.20. The molecule has 0 N–H and O–H groups in total. The Morgan fingerprint density at radius 3 is 2.54 bits per heavy atom. The topological polar surface area (TPSA) is 36.0 Å². The maximum absolute atomic E-state index is 12.9. The lowest BCUT2D eigenvalue weighted by Gasteiger charge is -2.35. The number of benzene rings is 1. The number of rotatable bonds is 2. The van der Waals surface area contributed by atoms with Gasteiger partial charge in [-0.25, -0.2) is 4.79 Å². The molecule has 5 nitrogen and oxygen atoms in total. The molecule has 3 aliphatic rings. The van der Waals surface area contributed by atoms with E-state index < -0.39 is 0 Å². The highest BCUT2D eigenvalue weighted by molar-refractivity contribution is 5.75. The summed E-state index contributed by atoms with van der Waals surface area (Å²) in [6.07, 6.45) is 2.30. The number of hydrogen-bond donors (Lipinski definition) is 0. The molecule has 0 spiro atoms. The van der Waals surface area contributed by atoms with Crippen molar-refractivity contribution in [1.29, 1.82) is 0 Å². The van der Waals surface area contributed by atoms with Gasteiger partial charge >= 0.3 is 6.03 Å². The molecule has 26 heavy (non-hydrogen) atoms. The zero-order valence-electron chi connectivity index (χ0n) is 16.2. The number of fused-ring (bicyclic) bond motifs is 1. The predicted molar refractivity (Wildman–Crippen MR) is 102 cm³/mol. The van der Waals surface area contributed by atoms with Gasteiger partial charge in [0.2, 0.25) is 0 Å². The fourth-order valence-corrected chi connectivity index (χ4v) is 5.20. The van der Waals surface area contributed by atoms with Crippen molar-refractivity contribution in [2.45, 2.75) is 31.8 Å². The molecule has 1 aromatic carbocycles. The Morgan fingerprint density at radius 2 is 1.85 bits per heavy atom. The Labute approximate surface area is 156 Å². The molecule has 2 amide bonds. The molecule has 3 fully saturated rings. The lowest BCUT2D eigenvalue weighted by Crippen LogP contribution is -2.43. The van der Waals surface area contributed by atoms with E-state index in [4.69, 9.17) is 4.74 Å². The Bertz CT molecular complexity index is 656. The summed E-state index contributed by atoms with van der Waals surface area (Å²) in [5.74, 6) is 1.11. The van der Waals surface area contributed by atoms with E-state index >= 15 is 0 Å². The number of likely N-dealkylation sites (tertiary alicyclic amines) is 2. The van der Waals surface area contributed by atoms with Crippen LogP contribution < -0.4 is 0 Å². The monoisotopic (exact) mass is 357 g/mol. The van der Waals surface area contributed by atoms with Gasteiger partial charge in [-0.05, 0) is 36.8 Å². The summed E-state index contributed by atoms with van der Waals surface area (Å²) in [6, 6.07) is 9.59. The second-order valence-electron chi connectivity index (χ2n) is 8.35. The summed E-state index contributed by atoms with van der Waals surface area (Å²) in [5.41, 5.74) is 2.61. The van der Waals surface area contributed by atoms with Crippen LogP contribution in [0.25, 0.3) is 0 Å². The van der Waals surface area contributed by atoms with Crippen molar-refractivity contribution in [1.82, 2.24) is 14.7 Å². The lowest BCUT2D eigenvalue weighted by molar-refractivity contribution is 0.0374. The van der Waals surface area contributed by atoms with E-state index in [1.54, 1.807) is 4.90 Å². The third-order valence-corrected chi connectivity index (χ3v) is 6.53. The quantitative estimate of drug-likeness (QED) is 0.817. The van der Waals surface area contributed by atoms with Crippen LogP contribution in [0.4, 0.5) is 4.79 Å². The number of aryl methyl sites for hydroxylation is 1. The standard InChI is InChI=1S/C21H31N3O2/c1-15-6-4-5-7-18(15)20-19-14-23(17-8-10-26-11-9-17)12-16(19)13-24(20)21(25)22(2)3/h4-7,16-17,19-20H,8-14H2,1-3H3/t16-,19-,20+/m1/s1. The smallest absolute Gasteiger partial charge is 0.320 e. The average Bonchev–Trinajstić information content (AvgIpc) is 3.20. The van der Waals surface area contributed by atoms with E-state index in [0.29, 0.717) is 17.9 Å². The Morgan fingerprint density at radius 1 is 1.12 bits per heavy atom. The maximum atomic E-state index is 12.9. The molecule has 3 atom stereocenters. The fourth-order valence-electron chi connectivity index (χ4n) is 5.20. The molecular formula is C21H31N3O2. The van der Waals surface area contributed by atoms with Crippen LogP contribution in [-0.2, 0) is 4.74 Å². The number of urea groups is 1. The molecule has 0 unspecified atom stereocenters. The zero-order valence-corrected chi connectivity index (χ0v) is 16.2. The first kappa shape index (κ1) is 17.8. The summed E-state index contributed by atoms with van der Waals surface area (Å²) in [7, 11) is 3.72. The SMILES string of the molecule is Cc1ccccc1[C@H]1[C@@H]2CN(C3CCOCC3)C[C@@H]2CN1C(=O)N(C)C. The van der Waals surface area contributed by atoms with Crippen LogP contribution >= 0.6 is 0 Å². The number of carbonyl (C=O) groups is 1. The van der Waals surface area contributed by atoms with Crippen LogP contribution in [-0.4, -0.2) is 73.7 Å².